The Morgan fingerprint density at radius 2 is 1.80 bits per heavy atom. The Labute approximate surface area is 213 Å². The molecule has 0 aliphatic carbocycles. The predicted molar refractivity (Wildman–Crippen MR) is 141 cm³/mol. The zero-order chi connectivity index (χ0) is 25.7. The summed E-state index contributed by atoms with van der Waals surface area (Å²) in [6.07, 6.45) is 1.60. The van der Waals surface area contributed by atoms with Gasteiger partial charge < -0.3 is 26.4 Å². The molecule has 0 spiro atoms. The molecule has 1 aliphatic heterocycles. The summed E-state index contributed by atoms with van der Waals surface area (Å²) in [6.45, 7) is 8.62. The first-order valence-electron chi connectivity index (χ1n) is 12.1. The second-order valence-corrected chi connectivity index (χ2v) is 10.2. The fraction of sp³-hybridized carbons (Fsp3) is 0.481. The first-order chi connectivity index (χ1) is 16.6. The van der Waals surface area contributed by atoms with Gasteiger partial charge in [0.05, 0.1) is 29.4 Å². The van der Waals surface area contributed by atoms with Gasteiger partial charge in [0.1, 0.15) is 5.75 Å². The molecule has 2 aromatic rings. The highest BCUT2D eigenvalue weighted by Crippen LogP contribution is 2.31. The minimum Gasteiger partial charge on any atom is -0.496 e. The molecule has 1 fully saturated rings. The fourth-order valence-electron chi connectivity index (χ4n) is 4.48. The van der Waals surface area contributed by atoms with Gasteiger partial charge in [-0.3, -0.25) is 9.59 Å². The fourth-order valence-corrected chi connectivity index (χ4v) is 4.64. The Bertz CT molecular complexity index is 1030. The topological polar surface area (TPSA) is 111 Å². The Hall–Kier alpha value is -2.61. The van der Waals surface area contributed by atoms with Crippen LogP contribution in [0.4, 0.5) is 5.69 Å². The minimum atomic E-state index is -0.645. The predicted octanol–water partition coefficient (Wildman–Crippen LogP) is 3.92. The Kier molecular flexibility index (Phi) is 9.16. The first kappa shape index (κ1) is 27.0. The van der Waals surface area contributed by atoms with Gasteiger partial charge in [0.15, 0.2) is 5.78 Å². The molecule has 5 N–H and O–H groups in total. The van der Waals surface area contributed by atoms with Crippen LogP contribution in [0.1, 0.15) is 53.0 Å². The van der Waals surface area contributed by atoms with Crippen LogP contribution in [0.2, 0.25) is 5.02 Å². The van der Waals surface area contributed by atoms with Crippen LogP contribution < -0.4 is 21.5 Å². The molecule has 8 heteroatoms. The number of nitrogen functional groups attached to an aromatic ring is 1. The normalized spacial score (nSPS) is 16.7. The number of benzene rings is 2. The summed E-state index contributed by atoms with van der Waals surface area (Å²) in [6, 6.07) is 10.1. The van der Waals surface area contributed by atoms with Crippen LogP contribution >= 0.6 is 11.6 Å². The average Bonchev–Trinajstić information content (AvgIpc) is 2.84. The van der Waals surface area contributed by atoms with E-state index in [1.54, 1.807) is 6.07 Å². The lowest BCUT2D eigenvalue weighted by Gasteiger charge is -2.37. The molecule has 0 aromatic heterocycles. The number of nitrogens with zero attached hydrogens (tertiary/aromatic N) is 1. The van der Waals surface area contributed by atoms with Crippen molar-refractivity contribution in [2.75, 3.05) is 32.5 Å². The molecule has 1 aliphatic rings. The van der Waals surface area contributed by atoms with E-state index in [1.165, 1.54) is 13.2 Å². The number of likely N-dealkylation sites (tertiary alicyclic amines) is 1. The maximum atomic E-state index is 13.1. The number of halogens is 1. The van der Waals surface area contributed by atoms with Crippen molar-refractivity contribution < 1.29 is 14.3 Å². The maximum absolute atomic E-state index is 13.1. The van der Waals surface area contributed by atoms with Crippen molar-refractivity contribution in [1.82, 2.24) is 10.2 Å². The van der Waals surface area contributed by atoms with Crippen LogP contribution in [-0.4, -0.2) is 55.4 Å². The van der Waals surface area contributed by atoms with Crippen LogP contribution in [0.25, 0.3) is 0 Å². The lowest BCUT2D eigenvalue weighted by atomic mass is 9.85. The molecule has 1 saturated heterocycles. The Morgan fingerprint density at radius 3 is 2.37 bits per heavy atom. The molecule has 1 amide bonds. The highest BCUT2D eigenvalue weighted by Gasteiger charge is 2.32. The van der Waals surface area contributed by atoms with Crippen LogP contribution in [-0.2, 0) is 0 Å². The number of carbonyl (C=O) groups is 2. The first-order valence-corrected chi connectivity index (χ1v) is 12.5. The van der Waals surface area contributed by atoms with Crippen LogP contribution in [0.5, 0.6) is 5.75 Å². The molecule has 7 nitrogen and oxygen atoms in total. The van der Waals surface area contributed by atoms with Gasteiger partial charge in [-0.25, -0.2) is 0 Å². The van der Waals surface area contributed by atoms with Crippen LogP contribution in [0, 0.1) is 18.8 Å². The van der Waals surface area contributed by atoms with Crippen molar-refractivity contribution >= 4 is 29.0 Å². The van der Waals surface area contributed by atoms with Crippen molar-refractivity contribution in [1.29, 1.82) is 0 Å². The molecule has 1 heterocycles. The summed E-state index contributed by atoms with van der Waals surface area (Å²) in [5.41, 5.74) is 14.8. The lowest BCUT2D eigenvalue weighted by Crippen LogP contribution is -2.50. The number of Topliss-reactive ketones (excluding diaryl/α,β-unsaturated/α-hetero) is 1. The van der Waals surface area contributed by atoms with E-state index in [0.717, 1.165) is 38.0 Å². The SMILES string of the molecule is COc1cc(N)c(Cl)cc1C(=O)C(N)C1CCN(C[C@H](NC(=O)c2ccc(C)cc2)C(C)C)CC1. The second kappa shape index (κ2) is 11.9. The van der Waals surface area contributed by atoms with E-state index < -0.39 is 6.04 Å². The van der Waals surface area contributed by atoms with Gasteiger partial charge in [0.2, 0.25) is 0 Å². The van der Waals surface area contributed by atoms with E-state index in [4.69, 9.17) is 27.8 Å². The number of aryl methyl sites for hydroxylation is 1. The van der Waals surface area contributed by atoms with E-state index in [2.05, 4.69) is 24.1 Å². The standard InChI is InChI=1S/C27H37ClN4O3/c1-16(2)23(31-27(34)19-7-5-17(3)6-8-19)15-32-11-9-18(10-12-32)25(30)26(33)20-13-21(28)22(29)14-24(20)35-4/h5-8,13-14,16,18,23,25H,9-12,15,29-30H2,1-4H3,(H,31,34)/t23-,25?/m0/s1. The zero-order valence-corrected chi connectivity index (χ0v) is 21.8. The molecular weight excluding hydrogens is 464 g/mol. The lowest BCUT2D eigenvalue weighted by molar-refractivity contribution is 0.0837. The second-order valence-electron chi connectivity index (χ2n) is 9.79. The molecule has 0 saturated carbocycles. The molecule has 0 bridgehead atoms. The van der Waals surface area contributed by atoms with E-state index in [9.17, 15) is 9.59 Å². The Balaban J connectivity index is 1.58. The number of hydrogen-bond acceptors (Lipinski definition) is 6. The molecule has 2 aromatic carbocycles. The zero-order valence-electron chi connectivity index (χ0n) is 21.0. The summed E-state index contributed by atoms with van der Waals surface area (Å²) in [5.74, 6) is 0.483. The van der Waals surface area contributed by atoms with Crippen molar-refractivity contribution in [3.63, 3.8) is 0 Å². The molecule has 3 rings (SSSR count). The number of anilines is 1. The van der Waals surface area contributed by atoms with E-state index in [-0.39, 0.29) is 29.6 Å². The summed E-state index contributed by atoms with van der Waals surface area (Å²) in [5, 5.41) is 3.51. The van der Waals surface area contributed by atoms with E-state index in [1.807, 2.05) is 31.2 Å². The quantitative estimate of drug-likeness (QED) is 0.355. The third-order valence-electron chi connectivity index (χ3n) is 6.92. The van der Waals surface area contributed by atoms with Gasteiger partial charge in [-0.15, -0.1) is 0 Å². The van der Waals surface area contributed by atoms with Crippen molar-refractivity contribution in [2.24, 2.45) is 17.6 Å². The number of ether oxygens (including phenoxy) is 1. The monoisotopic (exact) mass is 500 g/mol. The van der Waals surface area contributed by atoms with E-state index >= 15 is 0 Å². The molecule has 35 heavy (non-hydrogen) atoms. The third kappa shape index (κ3) is 6.75. The minimum absolute atomic E-state index is 0.0249. The van der Waals surface area contributed by atoms with Crippen molar-refractivity contribution in [3.05, 3.63) is 58.1 Å². The third-order valence-corrected chi connectivity index (χ3v) is 7.24. The van der Waals surface area contributed by atoms with Crippen LogP contribution in [0.3, 0.4) is 0 Å². The summed E-state index contributed by atoms with van der Waals surface area (Å²) in [7, 11) is 1.49. The maximum Gasteiger partial charge on any atom is 0.251 e. The summed E-state index contributed by atoms with van der Waals surface area (Å²) < 4.78 is 5.33. The van der Waals surface area contributed by atoms with Gasteiger partial charge in [0, 0.05) is 24.2 Å². The van der Waals surface area contributed by atoms with E-state index in [0.29, 0.717) is 27.6 Å². The summed E-state index contributed by atoms with van der Waals surface area (Å²) >= 11 is 6.14. The van der Waals surface area contributed by atoms with Crippen LogP contribution in [0.15, 0.2) is 36.4 Å². The highest BCUT2D eigenvalue weighted by atomic mass is 35.5. The Morgan fingerprint density at radius 1 is 1.17 bits per heavy atom. The number of nitrogens with two attached hydrogens (primary N) is 2. The van der Waals surface area contributed by atoms with Gasteiger partial charge in [-0.2, -0.15) is 0 Å². The number of rotatable bonds is 9. The largest absolute Gasteiger partial charge is 0.496 e. The number of nitrogens with one attached hydrogen (secondary N) is 1. The molecule has 1 unspecified atom stereocenters. The number of hydrogen-bond donors (Lipinski definition) is 3. The number of carbonyl (C=O) groups excluding carboxylic acids is 2. The summed E-state index contributed by atoms with van der Waals surface area (Å²) in [4.78, 5) is 28.2. The highest BCUT2D eigenvalue weighted by molar-refractivity contribution is 6.33. The van der Waals surface area contributed by atoms with Gasteiger partial charge >= 0.3 is 0 Å². The number of amides is 1. The average molecular weight is 501 g/mol. The van der Waals surface area contributed by atoms with Gasteiger partial charge in [-0.1, -0.05) is 43.1 Å². The molecule has 0 radical (unpaired) electrons. The molecule has 190 valence electrons. The van der Waals surface area contributed by atoms with Crippen molar-refractivity contribution in [3.8, 4) is 5.75 Å². The van der Waals surface area contributed by atoms with Crippen molar-refractivity contribution in [2.45, 2.75) is 45.7 Å². The number of piperidine rings is 1. The molecular formula is C27H37ClN4O3. The van der Waals surface area contributed by atoms with Gasteiger partial charge in [0.25, 0.3) is 5.91 Å². The smallest absolute Gasteiger partial charge is 0.251 e. The number of methoxy groups -OCH3 is 1. The molecule has 2 atom stereocenters. The number of ketones is 1. The van der Waals surface area contributed by atoms with Gasteiger partial charge in [-0.05, 0) is 62.9 Å².